The molecule has 0 aliphatic heterocycles. The zero-order valence-electron chi connectivity index (χ0n) is 16.7. The van der Waals surface area contributed by atoms with Crippen LogP contribution in [-0.4, -0.2) is 40.4 Å². The lowest BCUT2D eigenvalue weighted by Gasteiger charge is -2.21. The summed E-state index contributed by atoms with van der Waals surface area (Å²) in [6.45, 7) is 0. The fourth-order valence-electron chi connectivity index (χ4n) is 2.62. The van der Waals surface area contributed by atoms with E-state index in [1.807, 2.05) is 0 Å². The summed E-state index contributed by atoms with van der Waals surface area (Å²) in [7, 11) is -5.96. The number of hydrogen-bond donors (Lipinski definition) is 1. The van der Waals surface area contributed by atoms with Crippen LogP contribution in [0.3, 0.4) is 0 Å². The Labute approximate surface area is 180 Å². The number of halogens is 1. The molecule has 0 atom stereocenters. The quantitative estimate of drug-likeness (QED) is 0.346. The minimum atomic E-state index is -3.89. The van der Waals surface area contributed by atoms with Crippen LogP contribution in [0, 0.1) is 5.82 Å². The fraction of sp³-hybridized carbons (Fsp3) is 0.0952. The van der Waals surface area contributed by atoms with Gasteiger partial charge >= 0.3 is 0 Å². The number of rotatable bonds is 6. The van der Waals surface area contributed by atoms with Gasteiger partial charge in [0.2, 0.25) is 0 Å². The van der Waals surface area contributed by atoms with Crippen molar-refractivity contribution in [1.82, 2.24) is 9.84 Å². The summed E-state index contributed by atoms with van der Waals surface area (Å²) in [6.07, 6.45) is 1.09. The van der Waals surface area contributed by atoms with Gasteiger partial charge in [0, 0.05) is 18.9 Å². The Morgan fingerprint density at radius 1 is 0.839 bits per heavy atom. The van der Waals surface area contributed by atoms with Crippen LogP contribution >= 0.6 is 0 Å². The molecule has 162 valence electrons. The average molecular weight is 462 g/mol. The summed E-state index contributed by atoms with van der Waals surface area (Å²) in [4.78, 5) is 4.59. The number of benzene rings is 3. The molecule has 1 N–H and O–H groups in total. The SMILES string of the molecule is CN(NC(=Nc1ccc(F)cc1)c1ccc(S(C)(=O)=O)cc1)S(=O)(=O)c1ccccc1. The van der Waals surface area contributed by atoms with Gasteiger partial charge in [0.15, 0.2) is 9.84 Å². The molecule has 0 amide bonds. The topological polar surface area (TPSA) is 95.9 Å². The van der Waals surface area contributed by atoms with Gasteiger partial charge in [-0.05, 0) is 60.7 Å². The van der Waals surface area contributed by atoms with E-state index in [0.29, 0.717) is 11.3 Å². The Kier molecular flexibility index (Phi) is 6.54. The van der Waals surface area contributed by atoms with Crippen LogP contribution in [0.2, 0.25) is 0 Å². The molecule has 0 saturated carbocycles. The van der Waals surface area contributed by atoms with Crippen molar-refractivity contribution in [3.8, 4) is 0 Å². The molecule has 0 aromatic heterocycles. The summed E-state index contributed by atoms with van der Waals surface area (Å²) in [5.74, 6) is -0.302. The second-order valence-electron chi connectivity index (χ2n) is 6.63. The van der Waals surface area contributed by atoms with Crippen molar-refractivity contribution in [3.63, 3.8) is 0 Å². The highest BCUT2D eigenvalue weighted by atomic mass is 32.2. The van der Waals surface area contributed by atoms with Crippen LogP contribution in [0.4, 0.5) is 10.1 Å². The standard InChI is InChI=1S/C21H20FN3O4S2/c1-25(31(28,29)20-6-4-3-5-7-20)24-21(23-18-12-10-17(22)11-13-18)16-8-14-19(15-9-16)30(2,26)27/h3-15H,1-2H3,(H,23,24). The maximum Gasteiger partial charge on any atom is 0.259 e. The zero-order valence-corrected chi connectivity index (χ0v) is 18.4. The van der Waals surface area contributed by atoms with E-state index >= 15 is 0 Å². The van der Waals surface area contributed by atoms with E-state index in [1.54, 1.807) is 18.2 Å². The summed E-state index contributed by atoms with van der Waals surface area (Å²) in [6, 6.07) is 19.0. The molecular weight excluding hydrogens is 441 g/mol. The number of amidine groups is 1. The maximum atomic E-state index is 13.2. The maximum absolute atomic E-state index is 13.2. The third kappa shape index (κ3) is 5.54. The second kappa shape index (κ2) is 8.96. The van der Waals surface area contributed by atoms with E-state index in [2.05, 4.69) is 10.4 Å². The first-order chi connectivity index (χ1) is 14.6. The highest BCUT2D eigenvalue weighted by Gasteiger charge is 2.22. The molecule has 0 radical (unpaired) electrons. The van der Waals surface area contributed by atoms with Crippen LogP contribution in [0.1, 0.15) is 5.56 Å². The molecule has 0 aliphatic rings. The van der Waals surface area contributed by atoms with Gasteiger partial charge < -0.3 is 0 Å². The second-order valence-corrected chi connectivity index (χ2v) is 10.6. The van der Waals surface area contributed by atoms with Crippen LogP contribution in [0.5, 0.6) is 0 Å². The van der Waals surface area contributed by atoms with Crippen LogP contribution in [0.15, 0.2) is 93.6 Å². The first-order valence-corrected chi connectivity index (χ1v) is 12.4. The van der Waals surface area contributed by atoms with Gasteiger partial charge in [0.1, 0.15) is 11.7 Å². The van der Waals surface area contributed by atoms with Gasteiger partial charge in [0.25, 0.3) is 10.0 Å². The normalized spacial score (nSPS) is 12.7. The summed E-state index contributed by atoms with van der Waals surface area (Å²) in [5, 5.41) is 0. The lowest BCUT2D eigenvalue weighted by Crippen LogP contribution is -2.43. The molecule has 0 aliphatic carbocycles. The largest absolute Gasteiger partial charge is 0.289 e. The van der Waals surface area contributed by atoms with Gasteiger partial charge in [-0.2, -0.15) is 0 Å². The third-order valence-electron chi connectivity index (χ3n) is 4.29. The third-order valence-corrected chi connectivity index (χ3v) is 7.10. The smallest absolute Gasteiger partial charge is 0.259 e. The minimum Gasteiger partial charge on any atom is -0.289 e. The Morgan fingerprint density at radius 2 is 1.42 bits per heavy atom. The van der Waals surface area contributed by atoms with Gasteiger partial charge in [-0.25, -0.2) is 26.2 Å². The van der Waals surface area contributed by atoms with Crippen molar-refractivity contribution in [1.29, 1.82) is 0 Å². The molecule has 3 aromatic rings. The lowest BCUT2D eigenvalue weighted by molar-refractivity contribution is 0.438. The number of sulfone groups is 1. The van der Waals surface area contributed by atoms with Crippen molar-refractivity contribution >= 4 is 31.4 Å². The zero-order chi connectivity index (χ0) is 22.6. The molecule has 10 heteroatoms. The Balaban J connectivity index is 2.01. The molecule has 3 aromatic carbocycles. The molecule has 0 saturated heterocycles. The van der Waals surface area contributed by atoms with E-state index in [1.165, 1.54) is 67.7 Å². The highest BCUT2D eigenvalue weighted by molar-refractivity contribution is 7.90. The lowest BCUT2D eigenvalue weighted by atomic mass is 10.2. The number of aliphatic imine (C=N–C) groups is 1. The first-order valence-electron chi connectivity index (χ1n) is 9.03. The molecule has 0 bridgehead atoms. The van der Waals surface area contributed by atoms with Crippen LogP contribution in [-0.2, 0) is 19.9 Å². The number of sulfonamides is 1. The predicted molar refractivity (Wildman–Crippen MR) is 117 cm³/mol. The Bertz CT molecular complexity index is 1290. The number of nitrogens with one attached hydrogen (secondary N) is 1. The molecule has 0 spiro atoms. The predicted octanol–water partition coefficient (Wildman–Crippen LogP) is 3.13. The van der Waals surface area contributed by atoms with Gasteiger partial charge in [-0.3, -0.25) is 5.43 Å². The van der Waals surface area contributed by atoms with E-state index in [0.717, 1.165) is 10.7 Å². The molecule has 0 unspecified atom stereocenters. The Hall–Kier alpha value is -3.08. The van der Waals surface area contributed by atoms with Crippen molar-refractivity contribution < 1.29 is 21.2 Å². The van der Waals surface area contributed by atoms with Crippen molar-refractivity contribution in [2.24, 2.45) is 4.99 Å². The molecular formula is C21H20FN3O4S2. The molecule has 31 heavy (non-hydrogen) atoms. The van der Waals surface area contributed by atoms with Gasteiger partial charge in [-0.15, -0.1) is 4.41 Å². The van der Waals surface area contributed by atoms with E-state index < -0.39 is 25.7 Å². The Morgan fingerprint density at radius 3 is 1.97 bits per heavy atom. The fourth-order valence-corrected chi connectivity index (χ4v) is 4.27. The summed E-state index contributed by atoms with van der Waals surface area (Å²) in [5.41, 5.74) is 3.56. The van der Waals surface area contributed by atoms with Crippen molar-refractivity contribution in [2.75, 3.05) is 13.3 Å². The number of hydrazine groups is 1. The summed E-state index contributed by atoms with van der Waals surface area (Å²) < 4.78 is 63.4. The van der Waals surface area contributed by atoms with Crippen molar-refractivity contribution in [3.05, 3.63) is 90.2 Å². The minimum absolute atomic E-state index is 0.0820. The van der Waals surface area contributed by atoms with Crippen LogP contribution < -0.4 is 5.43 Å². The molecule has 0 fully saturated rings. The molecule has 3 rings (SSSR count). The highest BCUT2D eigenvalue weighted by Crippen LogP contribution is 2.18. The van der Waals surface area contributed by atoms with E-state index in [-0.39, 0.29) is 15.6 Å². The van der Waals surface area contributed by atoms with Gasteiger partial charge in [0.05, 0.1) is 15.5 Å². The van der Waals surface area contributed by atoms with Gasteiger partial charge in [-0.1, -0.05) is 18.2 Å². The van der Waals surface area contributed by atoms with Crippen molar-refractivity contribution in [2.45, 2.75) is 9.79 Å². The number of hydrogen-bond acceptors (Lipinski definition) is 5. The average Bonchev–Trinajstić information content (AvgIpc) is 2.75. The monoisotopic (exact) mass is 461 g/mol. The molecule has 7 nitrogen and oxygen atoms in total. The number of nitrogens with zero attached hydrogens (tertiary/aromatic N) is 2. The van der Waals surface area contributed by atoms with E-state index in [9.17, 15) is 21.2 Å². The first kappa shape index (κ1) is 22.6. The summed E-state index contributed by atoms with van der Waals surface area (Å²) >= 11 is 0. The molecule has 0 heterocycles. The van der Waals surface area contributed by atoms with Crippen LogP contribution in [0.25, 0.3) is 0 Å². The van der Waals surface area contributed by atoms with E-state index in [4.69, 9.17) is 0 Å².